The summed E-state index contributed by atoms with van der Waals surface area (Å²) in [5, 5.41) is 10.5. The van der Waals surface area contributed by atoms with Crippen molar-refractivity contribution in [3.63, 3.8) is 0 Å². The van der Waals surface area contributed by atoms with E-state index in [9.17, 15) is 14.7 Å². The molecule has 0 aliphatic heterocycles. The highest BCUT2D eigenvalue weighted by Gasteiger charge is 2.21. The van der Waals surface area contributed by atoms with E-state index >= 15 is 0 Å². The van der Waals surface area contributed by atoms with Crippen molar-refractivity contribution in [1.29, 1.82) is 0 Å². The Kier molecular flexibility index (Phi) is 7.66. The maximum Gasteiger partial charge on any atom is 0.308 e. The van der Waals surface area contributed by atoms with Gasteiger partial charge in [0, 0.05) is 0 Å². The first-order valence-electron chi connectivity index (χ1n) is 8.34. The molecule has 0 unspecified atom stereocenters. The zero-order valence-corrected chi connectivity index (χ0v) is 14.1. The number of hydrogen-bond acceptors (Lipinski definition) is 3. The highest BCUT2D eigenvalue weighted by atomic mass is 16.7. The molecule has 0 heterocycles. The largest absolute Gasteiger partial charge is 0.481 e. The number of carbonyl (C=O) groups excluding carboxylic acids is 1. The first-order valence-corrected chi connectivity index (χ1v) is 8.34. The van der Waals surface area contributed by atoms with E-state index in [4.69, 9.17) is 4.84 Å². The smallest absolute Gasteiger partial charge is 0.308 e. The molecule has 1 atom stereocenters. The predicted molar refractivity (Wildman–Crippen MR) is 94.5 cm³/mol. The van der Waals surface area contributed by atoms with Gasteiger partial charge in [-0.2, -0.15) is 0 Å². The minimum absolute atomic E-state index is 0.0421. The van der Waals surface area contributed by atoms with E-state index in [1.165, 1.54) is 5.56 Å². The van der Waals surface area contributed by atoms with Crippen molar-refractivity contribution in [2.45, 2.75) is 25.9 Å². The van der Waals surface area contributed by atoms with Gasteiger partial charge in [0.1, 0.15) is 6.61 Å². The van der Waals surface area contributed by atoms with Crippen LogP contribution in [-0.4, -0.2) is 29.1 Å². The van der Waals surface area contributed by atoms with E-state index in [-0.39, 0.29) is 13.2 Å². The molecule has 0 aromatic heterocycles. The maximum atomic E-state index is 11.5. The maximum absolute atomic E-state index is 11.5. The van der Waals surface area contributed by atoms with Crippen molar-refractivity contribution in [3.8, 4) is 0 Å². The van der Waals surface area contributed by atoms with Crippen molar-refractivity contribution in [3.05, 3.63) is 71.8 Å². The number of hydroxylamine groups is 2. The van der Waals surface area contributed by atoms with Gasteiger partial charge in [-0.3, -0.25) is 14.4 Å². The van der Waals surface area contributed by atoms with E-state index < -0.39 is 11.9 Å². The normalized spacial score (nSPS) is 11.7. The highest BCUT2D eigenvalue weighted by Crippen LogP contribution is 2.13. The molecule has 2 aromatic rings. The molecular weight excluding hydrogens is 318 g/mol. The zero-order valence-electron chi connectivity index (χ0n) is 14.1. The average molecular weight is 341 g/mol. The van der Waals surface area contributed by atoms with Crippen LogP contribution in [0, 0.1) is 5.92 Å². The molecule has 0 radical (unpaired) electrons. The molecule has 132 valence electrons. The van der Waals surface area contributed by atoms with Crippen molar-refractivity contribution in [1.82, 2.24) is 5.06 Å². The number of carbonyl (C=O) groups is 2. The van der Waals surface area contributed by atoms with Gasteiger partial charge in [0.15, 0.2) is 0 Å². The topological polar surface area (TPSA) is 66.8 Å². The molecule has 0 aliphatic rings. The Morgan fingerprint density at radius 1 is 1.04 bits per heavy atom. The molecule has 2 rings (SSSR count). The van der Waals surface area contributed by atoms with Gasteiger partial charge in [0.2, 0.25) is 6.41 Å². The molecule has 5 heteroatoms. The first-order chi connectivity index (χ1) is 12.2. The summed E-state index contributed by atoms with van der Waals surface area (Å²) >= 11 is 0. The number of amides is 1. The summed E-state index contributed by atoms with van der Waals surface area (Å²) in [6.45, 7) is 0.274. The summed E-state index contributed by atoms with van der Waals surface area (Å²) in [7, 11) is 0. The standard InChI is InChI=1S/C20H23NO4/c22-16-21(25-15-18-10-5-2-6-11-18)14-19(20(23)24)13-7-12-17-8-3-1-4-9-17/h1-6,8-11,16,19H,7,12-15H2,(H,23,24)/t19-/m1/s1. The number of carboxylic acids is 1. The number of carboxylic acid groups (broad SMARTS) is 1. The second-order valence-electron chi connectivity index (χ2n) is 5.88. The van der Waals surface area contributed by atoms with Gasteiger partial charge in [-0.25, -0.2) is 5.06 Å². The van der Waals surface area contributed by atoms with Crippen LogP contribution < -0.4 is 0 Å². The summed E-state index contributed by atoms with van der Waals surface area (Å²) in [5.74, 6) is -1.56. The molecule has 5 nitrogen and oxygen atoms in total. The fraction of sp³-hybridized carbons (Fsp3) is 0.300. The lowest BCUT2D eigenvalue weighted by Crippen LogP contribution is -2.32. The van der Waals surface area contributed by atoms with Crippen LogP contribution in [-0.2, 0) is 27.5 Å². The van der Waals surface area contributed by atoms with Crippen molar-refractivity contribution >= 4 is 12.4 Å². The zero-order chi connectivity index (χ0) is 17.9. The van der Waals surface area contributed by atoms with Gasteiger partial charge in [0.25, 0.3) is 0 Å². The Bertz CT molecular complexity index is 645. The van der Waals surface area contributed by atoms with E-state index in [0.717, 1.165) is 23.5 Å². The minimum Gasteiger partial charge on any atom is -0.481 e. The summed E-state index contributed by atoms with van der Waals surface area (Å²) < 4.78 is 0. The molecule has 0 fully saturated rings. The molecule has 0 aliphatic carbocycles. The Morgan fingerprint density at radius 3 is 2.20 bits per heavy atom. The van der Waals surface area contributed by atoms with Crippen LogP contribution in [0.15, 0.2) is 60.7 Å². The number of aryl methyl sites for hydroxylation is 1. The van der Waals surface area contributed by atoms with E-state index in [1.807, 2.05) is 60.7 Å². The lowest BCUT2D eigenvalue weighted by molar-refractivity contribution is -0.184. The summed E-state index contributed by atoms with van der Waals surface area (Å²) in [4.78, 5) is 28.1. The van der Waals surface area contributed by atoms with Gasteiger partial charge in [-0.05, 0) is 30.4 Å². The SMILES string of the molecule is O=CN(C[C@@H](CCCc1ccccc1)C(=O)O)OCc1ccccc1. The third kappa shape index (κ3) is 6.77. The lowest BCUT2D eigenvalue weighted by Gasteiger charge is -2.21. The lowest BCUT2D eigenvalue weighted by atomic mass is 9.99. The molecule has 0 saturated heterocycles. The number of benzene rings is 2. The quantitative estimate of drug-likeness (QED) is 0.503. The van der Waals surface area contributed by atoms with Gasteiger partial charge in [0.05, 0.1) is 12.5 Å². The monoisotopic (exact) mass is 341 g/mol. The van der Waals surface area contributed by atoms with Crippen LogP contribution >= 0.6 is 0 Å². The summed E-state index contributed by atoms with van der Waals surface area (Å²) in [6, 6.07) is 19.4. The van der Waals surface area contributed by atoms with Gasteiger partial charge >= 0.3 is 5.97 Å². The molecule has 0 saturated carbocycles. The predicted octanol–water partition coefficient (Wildman–Crippen LogP) is 3.30. The molecule has 0 spiro atoms. The molecular formula is C20H23NO4. The number of aliphatic carboxylic acids is 1. The third-order valence-corrected chi connectivity index (χ3v) is 3.97. The van der Waals surface area contributed by atoms with E-state index in [2.05, 4.69) is 0 Å². The molecule has 1 amide bonds. The number of hydrogen-bond donors (Lipinski definition) is 1. The van der Waals surface area contributed by atoms with Gasteiger partial charge < -0.3 is 5.11 Å². The molecule has 1 N–H and O–H groups in total. The fourth-order valence-corrected chi connectivity index (χ4v) is 2.57. The van der Waals surface area contributed by atoms with Crippen LogP contribution in [0.1, 0.15) is 24.0 Å². The Hall–Kier alpha value is -2.66. The Morgan fingerprint density at radius 2 is 1.64 bits per heavy atom. The third-order valence-electron chi connectivity index (χ3n) is 3.97. The molecule has 0 bridgehead atoms. The van der Waals surface area contributed by atoms with E-state index in [0.29, 0.717) is 12.8 Å². The molecule has 25 heavy (non-hydrogen) atoms. The van der Waals surface area contributed by atoms with Gasteiger partial charge in [-0.1, -0.05) is 60.7 Å². The first kappa shape index (κ1) is 18.7. The van der Waals surface area contributed by atoms with Crippen molar-refractivity contribution < 1.29 is 19.5 Å². The summed E-state index contributed by atoms with van der Waals surface area (Å²) in [6.07, 6.45) is 2.59. The van der Waals surface area contributed by atoms with Crippen molar-refractivity contribution in [2.75, 3.05) is 6.54 Å². The molecule has 2 aromatic carbocycles. The second kappa shape index (κ2) is 10.3. The second-order valence-corrected chi connectivity index (χ2v) is 5.88. The Balaban J connectivity index is 1.81. The van der Waals surface area contributed by atoms with E-state index in [1.54, 1.807) is 0 Å². The minimum atomic E-state index is -0.914. The van der Waals surface area contributed by atoms with Crippen molar-refractivity contribution in [2.24, 2.45) is 5.92 Å². The van der Waals surface area contributed by atoms with Gasteiger partial charge in [-0.15, -0.1) is 0 Å². The highest BCUT2D eigenvalue weighted by molar-refractivity contribution is 5.70. The summed E-state index contributed by atoms with van der Waals surface area (Å²) in [5.41, 5.74) is 2.10. The number of nitrogens with zero attached hydrogens (tertiary/aromatic N) is 1. The average Bonchev–Trinajstić information content (AvgIpc) is 2.65. The van der Waals surface area contributed by atoms with Crippen LogP contribution in [0.5, 0.6) is 0 Å². The van der Waals surface area contributed by atoms with Crippen LogP contribution in [0.3, 0.4) is 0 Å². The van der Waals surface area contributed by atoms with Crippen LogP contribution in [0.25, 0.3) is 0 Å². The van der Waals surface area contributed by atoms with Crippen LogP contribution in [0.2, 0.25) is 0 Å². The number of rotatable bonds is 11. The van der Waals surface area contributed by atoms with Crippen LogP contribution in [0.4, 0.5) is 0 Å². The fourth-order valence-electron chi connectivity index (χ4n) is 2.57. The Labute approximate surface area is 147 Å².